The average Bonchev–Trinajstić information content (AvgIpc) is 2.81. The second-order valence-electron chi connectivity index (χ2n) is 7.50. The van der Waals surface area contributed by atoms with Gasteiger partial charge in [0.1, 0.15) is 11.6 Å². The number of carbonyl (C=O) groups excluding carboxylic acids is 2. The van der Waals surface area contributed by atoms with Crippen molar-refractivity contribution in [2.75, 3.05) is 13.7 Å². The average molecular weight is 363 g/mol. The van der Waals surface area contributed by atoms with Crippen molar-refractivity contribution in [3.63, 3.8) is 0 Å². The number of nitrogens with zero attached hydrogens (tertiary/aromatic N) is 1. The highest BCUT2D eigenvalue weighted by molar-refractivity contribution is 5.81. The SMILES string of the molecule is COC(=O)[C@@H]1CCC(OCc2ccccc2)CCN1C(=O)OC(C)(C)C. The number of likely N-dealkylation sites (tertiary alicyclic amines) is 1. The Balaban J connectivity index is 2.01. The molecule has 1 aromatic carbocycles. The van der Waals surface area contributed by atoms with E-state index in [2.05, 4.69) is 0 Å². The molecule has 2 atom stereocenters. The molecule has 1 saturated heterocycles. The van der Waals surface area contributed by atoms with Crippen LogP contribution in [0.5, 0.6) is 0 Å². The van der Waals surface area contributed by atoms with Gasteiger partial charge >= 0.3 is 12.1 Å². The van der Waals surface area contributed by atoms with Crippen LogP contribution in [0.2, 0.25) is 0 Å². The molecule has 1 amide bonds. The molecule has 6 nitrogen and oxygen atoms in total. The summed E-state index contributed by atoms with van der Waals surface area (Å²) in [6.45, 7) is 6.33. The van der Waals surface area contributed by atoms with Gasteiger partial charge in [0.2, 0.25) is 0 Å². The number of carbonyl (C=O) groups is 2. The van der Waals surface area contributed by atoms with E-state index in [4.69, 9.17) is 14.2 Å². The Labute approximate surface area is 155 Å². The monoisotopic (exact) mass is 363 g/mol. The van der Waals surface area contributed by atoms with Gasteiger partial charge in [-0.25, -0.2) is 9.59 Å². The number of esters is 1. The van der Waals surface area contributed by atoms with Crippen LogP contribution in [-0.4, -0.2) is 48.4 Å². The lowest BCUT2D eigenvalue weighted by Gasteiger charge is -2.30. The van der Waals surface area contributed by atoms with Gasteiger partial charge in [-0.15, -0.1) is 0 Å². The third-order valence-electron chi connectivity index (χ3n) is 4.26. The highest BCUT2D eigenvalue weighted by Crippen LogP contribution is 2.23. The fourth-order valence-electron chi connectivity index (χ4n) is 2.96. The molecule has 1 aliphatic heterocycles. The Hall–Kier alpha value is -2.08. The quantitative estimate of drug-likeness (QED) is 0.766. The maximum Gasteiger partial charge on any atom is 0.411 e. The summed E-state index contributed by atoms with van der Waals surface area (Å²) in [5, 5.41) is 0. The molecule has 0 radical (unpaired) electrons. The molecule has 1 aromatic rings. The molecule has 0 aliphatic carbocycles. The summed E-state index contributed by atoms with van der Waals surface area (Å²) in [4.78, 5) is 26.2. The lowest BCUT2D eigenvalue weighted by molar-refractivity contribution is -0.146. The topological polar surface area (TPSA) is 65.1 Å². The number of methoxy groups -OCH3 is 1. The number of hydrogen-bond donors (Lipinski definition) is 0. The molecular weight excluding hydrogens is 334 g/mol. The fraction of sp³-hybridized carbons (Fsp3) is 0.600. The van der Waals surface area contributed by atoms with Gasteiger partial charge < -0.3 is 14.2 Å². The van der Waals surface area contributed by atoms with Gasteiger partial charge in [-0.05, 0) is 45.6 Å². The lowest BCUT2D eigenvalue weighted by Crippen LogP contribution is -2.47. The van der Waals surface area contributed by atoms with Crippen molar-refractivity contribution in [1.82, 2.24) is 4.90 Å². The fourth-order valence-corrected chi connectivity index (χ4v) is 2.96. The third-order valence-corrected chi connectivity index (χ3v) is 4.26. The van der Waals surface area contributed by atoms with E-state index in [-0.39, 0.29) is 6.10 Å². The predicted octanol–water partition coefficient (Wildman–Crippen LogP) is 3.53. The highest BCUT2D eigenvalue weighted by Gasteiger charge is 2.36. The largest absolute Gasteiger partial charge is 0.467 e. The minimum Gasteiger partial charge on any atom is -0.467 e. The minimum absolute atomic E-state index is 0.0187. The van der Waals surface area contributed by atoms with Gasteiger partial charge in [-0.2, -0.15) is 0 Å². The van der Waals surface area contributed by atoms with E-state index >= 15 is 0 Å². The van der Waals surface area contributed by atoms with Crippen LogP contribution in [0.1, 0.15) is 45.6 Å². The number of rotatable bonds is 4. The van der Waals surface area contributed by atoms with Crippen LogP contribution in [0.25, 0.3) is 0 Å². The molecule has 1 unspecified atom stereocenters. The molecule has 1 heterocycles. The highest BCUT2D eigenvalue weighted by atomic mass is 16.6. The number of amides is 1. The van der Waals surface area contributed by atoms with Crippen molar-refractivity contribution in [3.05, 3.63) is 35.9 Å². The zero-order valence-electron chi connectivity index (χ0n) is 16.1. The number of hydrogen-bond acceptors (Lipinski definition) is 5. The Morgan fingerprint density at radius 1 is 1.12 bits per heavy atom. The molecule has 6 heteroatoms. The van der Waals surface area contributed by atoms with E-state index in [0.29, 0.717) is 32.4 Å². The summed E-state index contributed by atoms with van der Waals surface area (Å²) in [6.07, 6.45) is 1.32. The van der Waals surface area contributed by atoms with Gasteiger partial charge in [0.05, 0.1) is 19.8 Å². The van der Waals surface area contributed by atoms with Crippen molar-refractivity contribution in [2.24, 2.45) is 0 Å². The van der Waals surface area contributed by atoms with Gasteiger partial charge in [-0.3, -0.25) is 4.90 Å². The molecule has 0 spiro atoms. The summed E-state index contributed by atoms with van der Waals surface area (Å²) < 4.78 is 16.4. The van der Waals surface area contributed by atoms with E-state index in [1.807, 2.05) is 51.1 Å². The Kier molecular flexibility index (Phi) is 7.03. The Morgan fingerprint density at radius 2 is 1.81 bits per heavy atom. The smallest absolute Gasteiger partial charge is 0.411 e. The van der Waals surface area contributed by atoms with Crippen molar-refractivity contribution in [2.45, 2.75) is 64.4 Å². The molecule has 0 bridgehead atoms. The van der Waals surface area contributed by atoms with Gasteiger partial charge in [0, 0.05) is 6.54 Å². The third kappa shape index (κ3) is 6.02. The maximum absolute atomic E-state index is 12.5. The summed E-state index contributed by atoms with van der Waals surface area (Å²) >= 11 is 0. The summed E-state index contributed by atoms with van der Waals surface area (Å²) in [6, 6.07) is 9.31. The van der Waals surface area contributed by atoms with Crippen molar-refractivity contribution >= 4 is 12.1 Å². The van der Waals surface area contributed by atoms with E-state index in [1.54, 1.807) is 0 Å². The van der Waals surface area contributed by atoms with Crippen LogP contribution in [-0.2, 0) is 25.6 Å². The van der Waals surface area contributed by atoms with E-state index in [9.17, 15) is 9.59 Å². The molecule has 26 heavy (non-hydrogen) atoms. The second-order valence-corrected chi connectivity index (χ2v) is 7.50. The van der Waals surface area contributed by atoms with Crippen LogP contribution >= 0.6 is 0 Å². The molecule has 2 rings (SSSR count). The first-order chi connectivity index (χ1) is 12.3. The van der Waals surface area contributed by atoms with Crippen molar-refractivity contribution in [3.8, 4) is 0 Å². The van der Waals surface area contributed by atoms with Crippen LogP contribution in [0.3, 0.4) is 0 Å². The van der Waals surface area contributed by atoms with Crippen LogP contribution < -0.4 is 0 Å². The van der Waals surface area contributed by atoms with Gasteiger partial charge in [0.25, 0.3) is 0 Å². The molecule has 0 aromatic heterocycles. The van der Waals surface area contributed by atoms with Crippen LogP contribution in [0, 0.1) is 0 Å². The van der Waals surface area contributed by atoms with E-state index < -0.39 is 23.7 Å². The maximum atomic E-state index is 12.5. The first-order valence-electron chi connectivity index (χ1n) is 9.03. The second kappa shape index (κ2) is 9.03. The number of benzene rings is 1. The Bertz CT molecular complexity index is 596. The molecule has 144 valence electrons. The van der Waals surface area contributed by atoms with Crippen LogP contribution in [0.15, 0.2) is 30.3 Å². The number of ether oxygens (including phenoxy) is 3. The predicted molar refractivity (Wildman–Crippen MR) is 97.6 cm³/mol. The standard InChI is InChI=1S/C20H29NO5/c1-20(2,3)26-19(23)21-13-12-16(10-11-17(21)18(22)24-4)25-14-15-8-6-5-7-9-15/h5-9,16-17H,10-14H2,1-4H3/t16?,17-/m0/s1. The molecule has 1 fully saturated rings. The molecule has 0 N–H and O–H groups in total. The Morgan fingerprint density at radius 3 is 2.42 bits per heavy atom. The first kappa shape index (κ1) is 20.2. The normalized spacial score (nSPS) is 21.0. The van der Waals surface area contributed by atoms with Crippen LogP contribution in [0.4, 0.5) is 4.79 Å². The van der Waals surface area contributed by atoms with Crippen molar-refractivity contribution < 1.29 is 23.8 Å². The van der Waals surface area contributed by atoms with Gasteiger partial charge in [0.15, 0.2) is 0 Å². The van der Waals surface area contributed by atoms with E-state index in [0.717, 1.165) is 5.56 Å². The summed E-state index contributed by atoms with van der Waals surface area (Å²) in [7, 11) is 1.34. The lowest BCUT2D eigenvalue weighted by atomic mass is 10.1. The molecular formula is C20H29NO5. The minimum atomic E-state index is -0.639. The van der Waals surface area contributed by atoms with E-state index in [1.165, 1.54) is 12.0 Å². The molecule has 0 saturated carbocycles. The van der Waals surface area contributed by atoms with Gasteiger partial charge in [-0.1, -0.05) is 30.3 Å². The summed E-state index contributed by atoms with van der Waals surface area (Å²) in [5.41, 5.74) is 0.484. The molecule has 1 aliphatic rings. The first-order valence-corrected chi connectivity index (χ1v) is 9.03. The van der Waals surface area contributed by atoms with Crippen molar-refractivity contribution in [1.29, 1.82) is 0 Å². The zero-order valence-corrected chi connectivity index (χ0v) is 16.1. The summed E-state index contributed by atoms with van der Waals surface area (Å²) in [5.74, 6) is -0.417. The zero-order chi connectivity index (χ0) is 19.2.